The Balaban J connectivity index is 2.18. The van der Waals surface area contributed by atoms with Crippen molar-refractivity contribution in [2.24, 2.45) is 5.16 Å². The normalized spacial score (nSPS) is 17.1. The van der Waals surface area contributed by atoms with Gasteiger partial charge in [0.15, 0.2) is 0 Å². The zero-order valence-electron chi connectivity index (χ0n) is 11.6. The van der Waals surface area contributed by atoms with Crippen molar-refractivity contribution in [2.75, 3.05) is 6.54 Å². The van der Waals surface area contributed by atoms with Crippen LogP contribution >= 0.6 is 24.0 Å². The van der Waals surface area contributed by atoms with Crippen molar-refractivity contribution < 1.29 is 17.5 Å². The predicted octanol–water partition coefficient (Wildman–Crippen LogP) is 2.06. The molecule has 1 aromatic carbocycles. The van der Waals surface area contributed by atoms with Crippen LogP contribution in [0.25, 0.3) is 0 Å². The van der Waals surface area contributed by atoms with Crippen LogP contribution in [0.15, 0.2) is 47.0 Å². The van der Waals surface area contributed by atoms with Crippen LogP contribution in [-0.4, -0.2) is 35.1 Å². The molecule has 0 saturated carbocycles. The van der Waals surface area contributed by atoms with Crippen LogP contribution in [0.1, 0.15) is 5.56 Å². The molecular formula is C13H12N2O4S3. The minimum atomic E-state index is -4.07. The average molecular weight is 356 g/mol. The molecule has 0 aromatic heterocycles. The second-order valence-electron chi connectivity index (χ2n) is 4.31. The molecule has 1 aliphatic heterocycles. The second-order valence-corrected chi connectivity index (χ2v) is 7.46. The van der Waals surface area contributed by atoms with Crippen molar-refractivity contribution in [3.8, 4) is 0 Å². The number of rotatable bonds is 5. The maximum atomic E-state index is 12.0. The van der Waals surface area contributed by atoms with Crippen molar-refractivity contribution in [2.45, 2.75) is 11.8 Å². The van der Waals surface area contributed by atoms with Gasteiger partial charge in [0.2, 0.25) is 5.04 Å². The lowest BCUT2D eigenvalue weighted by Crippen LogP contribution is -2.30. The number of hydrogen-bond acceptors (Lipinski definition) is 7. The number of benzene rings is 1. The van der Waals surface area contributed by atoms with Crippen molar-refractivity contribution >= 4 is 49.4 Å². The lowest BCUT2D eigenvalue weighted by molar-refractivity contribution is -0.119. The molecule has 1 fully saturated rings. The highest BCUT2D eigenvalue weighted by Crippen LogP contribution is 2.23. The Morgan fingerprint density at radius 2 is 2.05 bits per heavy atom. The summed E-state index contributed by atoms with van der Waals surface area (Å²) < 4.78 is 28.8. The van der Waals surface area contributed by atoms with Crippen LogP contribution < -0.4 is 0 Å². The monoisotopic (exact) mass is 356 g/mol. The molecule has 0 N–H and O–H groups in total. The van der Waals surface area contributed by atoms with E-state index in [-0.39, 0.29) is 20.8 Å². The van der Waals surface area contributed by atoms with E-state index in [0.29, 0.717) is 0 Å². The topological polar surface area (TPSA) is 76.0 Å². The maximum Gasteiger partial charge on any atom is 0.358 e. The molecule has 0 unspecified atom stereocenters. The highest BCUT2D eigenvalue weighted by Gasteiger charge is 2.34. The maximum absolute atomic E-state index is 12.0. The number of carbonyl (C=O) groups excluding carboxylic acids is 1. The fourth-order valence-corrected chi connectivity index (χ4v) is 3.43. The Hall–Kier alpha value is -1.71. The largest absolute Gasteiger partial charge is 0.358 e. The van der Waals surface area contributed by atoms with Gasteiger partial charge in [-0.1, -0.05) is 41.1 Å². The summed E-state index contributed by atoms with van der Waals surface area (Å²) in [6.07, 6.45) is 1.51. The summed E-state index contributed by atoms with van der Waals surface area (Å²) in [5.74, 6) is -0.506. The predicted molar refractivity (Wildman–Crippen MR) is 89.0 cm³/mol. The van der Waals surface area contributed by atoms with Gasteiger partial charge in [0.05, 0.1) is 0 Å². The Kier molecular flexibility index (Phi) is 4.99. The molecule has 0 atom stereocenters. The first-order valence-corrected chi connectivity index (χ1v) is 8.71. The van der Waals surface area contributed by atoms with Crippen molar-refractivity contribution in [1.82, 2.24) is 4.90 Å². The molecule has 6 nitrogen and oxygen atoms in total. The Bertz CT molecular complexity index is 754. The zero-order chi connectivity index (χ0) is 16.3. The van der Waals surface area contributed by atoms with E-state index < -0.39 is 16.0 Å². The van der Waals surface area contributed by atoms with Gasteiger partial charge >= 0.3 is 10.1 Å². The highest BCUT2D eigenvalue weighted by molar-refractivity contribution is 8.35. The molecular weight excluding hydrogens is 344 g/mol. The first-order valence-electron chi connectivity index (χ1n) is 6.08. The molecule has 1 aromatic rings. The third-order valence-electron chi connectivity index (χ3n) is 2.67. The first kappa shape index (κ1) is 16.7. The molecule has 1 amide bonds. The van der Waals surface area contributed by atoms with E-state index in [4.69, 9.17) is 12.2 Å². The van der Waals surface area contributed by atoms with Crippen LogP contribution in [0.2, 0.25) is 0 Å². The standard InChI is InChI=1S/C13H12N2O4S3/c1-3-8-15-12(16)11(21-13(15)20)14-19-22(17,18)10-6-4-9(2)5-7-10/h3-7H,1,8H2,2H3/b14-11-. The number of aryl methyl sites for hydroxylation is 1. The summed E-state index contributed by atoms with van der Waals surface area (Å²) in [7, 11) is -4.07. The summed E-state index contributed by atoms with van der Waals surface area (Å²) in [6.45, 7) is 5.58. The quantitative estimate of drug-likeness (QED) is 0.457. The van der Waals surface area contributed by atoms with E-state index in [0.717, 1.165) is 17.3 Å². The third kappa shape index (κ3) is 3.54. The first-order chi connectivity index (χ1) is 10.3. The molecule has 1 heterocycles. The van der Waals surface area contributed by atoms with Crippen LogP contribution in [0.3, 0.4) is 0 Å². The molecule has 0 spiro atoms. The molecule has 0 aliphatic carbocycles. The minimum Gasteiger partial charge on any atom is -0.287 e. The van der Waals surface area contributed by atoms with Gasteiger partial charge < -0.3 is 0 Å². The summed E-state index contributed by atoms with van der Waals surface area (Å²) >= 11 is 5.89. The number of hydrogen-bond donors (Lipinski definition) is 0. The van der Waals surface area contributed by atoms with E-state index in [1.54, 1.807) is 12.1 Å². The Labute approximate surface area is 137 Å². The molecule has 2 rings (SSSR count). The summed E-state index contributed by atoms with van der Waals surface area (Å²) in [4.78, 5) is 13.2. The van der Waals surface area contributed by atoms with Gasteiger partial charge in [-0.05, 0) is 30.8 Å². The van der Waals surface area contributed by atoms with E-state index in [9.17, 15) is 13.2 Å². The number of oxime groups is 1. The van der Waals surface area contributed by atoms with E-state index in [1.807, 2.05) is 6.92 Å². The molecule has 9 heteroatoms. The SMILES string of the molecule is C=CCN1C(=O)/C(=N/OS(=O)(=O)c2ccc(C)cc2)SC1=S. The summed E-state index contributed by atoms with van der Waals surface area (Å²) in [6, 6.07) is 6.09. The molecule has 0 bridgehead atoms. The molecule has 22 heavy (non-hydrogen) atoms. The van der Waals surface area contributed by atoms with E-state index >= 15 is 0 Å². The van der Waals surface area contributed by atoms with Crippen molar-refractivity contribution in [3.05, 3.63) is 42.5 Å². The van der Waals surface area contributed by atoms with Crippen LogP contribution in [0.5, 0.6) is 0 Å². The average Bonchev–Trinajstić information content (AvgIpc) is 2.74. The van der Waals surface area contributed by atoms with E-state index in [1.165, 1.54) is 23.1 Å². The van der Waals surface area contributed by atoms with Crippen molar-refractivity contribution in [3.63, 3.8) is 0 Å². The van der Waals surface area contributed by atoms with Gasteiger partial charge in [-0.3, -0.25) is 14.0 Å². The minimum absolute atomic E-state index is 0.0385. The number of thiocarbonyl (C=S) groups is 1. The fourth-order valence-electron chi connectivity index (χ4n) is 1.55. The summed E-state index contributed by atoms with van der Waals surface area (Å²) in [5, 5.41) is 3.31. The van der Waals surface area contributed by atoms with Crippen molar-refractivity contribution in [1.29, 1.82) is 0 Å². The number of amides is 1. The number of nitrogens with zero attached hydrogens (tertiary/aromatic N) is 2. The molecule has 1 aliphatic rings. The van der Waals surface area contributed by atoms with Gasteiger partial charge in [0, 0.05) is 6.54 Å². The lowest BCUT2D eigenvalue weighted by atomic mass is 10.2. The summed E-state index contributed by atoms with van der Waals surface area (Å²) in [5.41, 5.74) is 0.914. The molecule has 0 radical (unpaired) electrons. The molecule has 116 valence electrons. The zero-order valence-corrected chi connectivity index (χ0v) is 14.0. The highest BCUT2D eigenvalue weighted by atomic mass is 32.2. The number of carbonyl (C=O) groups is 1. The second kappa shape index (κ2) is 6.59. The Morgan fingerprint density at radius 3 is 2.64 bits per heavy atom. The van der Waals surface area contributed by atoms with Gasteiger partial charge in [0.25, 0.3) is 5.91 Å². The van der Waals surface area contributed by atoms with Gasteiger partial charge in [-0.25, -0.2) is 0 Å². The Morgan fingerprint density at radius 1 is 1.41 bits per heavy atom. The van der Waals surface area contributed by atoms with Gasteiger partial charge in [-0.2, -0.15) is 8.42 Å². The fraction of sp³-hybridized carbons (Fsp3) is 0.154. The molecule has 1 saturated heterocycles. The van der Waals surface area contributed by atoms with Gasteiger partial charge in [0.1, 0.15) is 9.22 Å². The number of thioether (sulfide) groups is 1. The smallest absolute Gasteiger partial charge is 0.287 e. The van der Waals surface area contributed by atoms with Crippen LogP contribution in [0.4, 0.5) is 0 Å². The van der Waals surface area contributed by atoms with Crippen LogP contribution in [-0.2, 0) is 19.2 Å². The third-order valence-corrected chi connectivity index (χ3v) is 5.10. The van der Waals surface area contributed by atoms with Crippen LogP contribution in [0, 0.1) is 6.92 Å². The van der Waals surface area contributed by atoms with Gasteiger partial charge in [-0.15, -0.1) is 6.58 Å². The van der Waals surface area contributed by atoms with E-state index in [2.05, 4.69) is 16.0 Å². The lowest BCUT2D eigenvalue weighted by Gasteiger charge is -2.09.